The molecule has 1 aliphatic rings. The molecule has 1 unspecified atom stereocenters. The maximum atomic E-state index is 5.40. The molecule has 1 aliphatic heterocycles. The standard InChI is InChI=1S/C15H21N5S/c1-12(19-9-3-2-4-10-19)11-20-14(17-18-15(20)21)13-5-7-16-8-6-13/h5-8,12H,2-4,9-11H2,1H3,(H,18,21). The molecule has 1 atom stereocenters. The zero-order chi connectivity index (χ0) is 14.7. The molecule has 0 saturated carbocycles. The Bertz CT molecular complexity index is 627. The minimum Gasteiger partial charge on any atom is -0.299 e. The molecular weight excluding hydrogens is 282 g/mol. The van der Waals surface area contributed by atoms with Crippen LogP contribution in [0, 0.1) is 4.77 Å². The summed E-state index contributed by atoms with van der Waals surface area (Å²) in [6.45, 7) is 5.53. The van der Waals surface area contributed by atoms with Crippen LogP contribution in [0.25, 0.3) is 11.4 Å². The van der Waals surface area contributed by atoms with E-state index in [9.17, 15) is 0 Å². The predicted molar refractivity (Wildman–Crippen MR) is 85.5 cm³/mol. The van der Waals surface area contributed by atoms with E-state index < -0.39 is 0 Å². The van der Waals surface area contributed by atoms with Gasteiger partial charge in [0.1, 0.15) is 0 Å². The molecular formula is C15H21N5S. The average molecular weight is 303 g/mol. The van der Waals surface area contributed by atoms with Crippen LogP contribution >= 0.6 is 12.2 Å². The quantitative estimate of drug-likeness (QED) is 0.882. The molecule has 6 heteroatoms. The number of nitrogens with one attached hydrogen (secondary N) is 1. The summed E-state index contributed by atoms with van der Waals surface area (Å²) in [5.74, 6) is 0.895. The van der Waals surface area contributed by atoms with E-state index in [1.165, 1.54) is 32.4 Å². The second-order valence-corrected chi connectivity index (χ2v) is 6.03. The third kappa shape index (κ3) is 3.22. The first kappa shape index (κ1) is 14.4. The van der Waals surface area contributed by atoms with E-state index in [0.29, 0.717) is 10.8 Å². The molecule has 0 aromatic carbocycles. The van der Waals surface area contributed by atoms with E-state index in [1.54, 1.807) is 12.4 Å². The second kappa shape index (κ2) is 6.49. The van der Waals surface area contributed by atoms with Gasteiger partial charge < -0.3 is 0 Å². The molecule has 0 aliphatic carbocycles. The van der Waals surface area contributed by atoms with E-state index in [2.05, 4.69) is 31.6 Å². The molecule has 5 nitrogen and oxygen atoms in total. The lowest BCUT2D eigenvalue weighted by molar-refractivity contribution is 0.159. The van der Waals surface area contributed by atoms with Crippen LogP contribution in [-0.2, 0) is 6.54 Å². The maximum Gasteiger partial charge on any atom is 0.195 e. The van der Waals surface area contributed by atoms with Gasteiger partial charge in [0.25, 0.3) is 0 Å². The number of hydrogen-bond donors (Lipinski definition) is 1. The van der Waals surface area contributed by atoms with Crippen LogP contribution in [0.2, 0.25) is 0 Å². The summed E-state index contributed by atoms with van der Waals surface area (Å²) >= 11 is 5.40. The van der Waals surface area contributed by atoms with Crippen LogP contribution in [0.5, 0.6) is 0 Å². The van der Waals surface area contributed by atoms with E-state index in [4.69, 9.17) is 12.2 Å². The van der Waals surface area contributed by atoms with E-state index in [-0.39, 0.29) is 0 Å². The lowest BCUT2D eigenvalue weighted by Crippen LogP contribution is -2.39. The Morgan fingerprint density at radius 2 is 1.95 bits per heavy atom. The summed E-state index contributed by atoms with van der Waals surface area (Å²) in [5, 5.41) is 7.30. The molecule has 1 saturated heterocycles. The lowest BCUT2D eigenvalue weighted by atomic mass is 10.1. The fourth-order valence-electron chi connectivity index (χ4n) is 2.95. The smallest absolute Gasteiger partial charge is 0.195 e. The fraction of sp³-hybridized carbons (Fsp3) is 0.533. The molecule has 0 amide bonds. The van der Waals surface area contributed by atoms with Crippen molar-refractivity contribution in [1.29, 1.82) is 0 Å². The average Bonchev–Trinajstić information content (AvgIpc) is 2.90. The summed E-state index contributed by atoms with van der Waals surface area (Å²) in [5.41, 5.74) is 1.04. The first-order chi connectivity index (χ1) is 10.3. The molecule has 0 radical (unpaired) electrons. The number of aromatic amines is 1. The van der Waals surface area contributed by atoms with E-state index in [0.717, 1.165) is 17.9 Å². The molecule has 21 heavy (non-hydrogen) atoms. The number of H-pyrrole nitrogens is 1. The van der Waals surface area contributed by atoms with Crippen molar-refractivity contribution < 1.29 is 0 Å². The summed E-state index contributed by atoms with van der Waals surface area (Å²) in [4.78, 5) is 6.61. The molecule has 2 aromatic heterocycles. The molecule has 2 aromatic rings. The second-order valence-electron chi connectivity index (χ2n) is 5.64. The summed E-state index contributed by atoms with van der Waals surface area (Å²) < 4.78 is 2.79. The first-order valence-corrected chi connectivity index (χ1v) is 7.96. The number of aromatic nitrogens is 4. The minimum atomic E-state index is 0.468. The summed E-state index contributed by atoms with van der Waals surface area (Å²) in [6, 6.07) is 4.40. The Morgan fingerprint density at radius 3 is 2.67 bits per heavy atom. The molecule has 1 N–H and O–H groups in total. The fourth-order valence-corrected chi connectivity index (χ4v) is 3.15. The number of nitrogens with zero attached hydrogens (tertiary/aromatic N) is 4. The van der Waals surface area contributed by atoms with Gasteiger partial charge in [0, 0.05) is 30.5 Å². The number of piperidine rings is 1. The van der Waals surface area contributed by atoms with Gasteiger partial charge in [0.2, 0.25) is 0 Å². The van der Waals surface area contributed by atoms with Gasteiger partial charge in [-0.05, 0) is 57.2 Å². The van der Waals surface area contributed by atoms with Gasteiger partial charge in [-0.2, -0.15) is 5.10 Å². The van der Waals surface area contributed by atoms with Crippen LogP contribution < -0.4 is 0 Å². The highest BCUT2D eigenvalue weighted by atomic mass is 32.1. The number of pyridine rings is 1. The molecule has 3 heterocycles. The number of rotatable bonds is 4. The number of hydrogen-bond acceptors (Lipinski definition) is 4. The van der Waals surface area contributed by atoms with E-state index >= 15 is 0 Å². The Balaban J connectivity index is 1.82. The Morgan fingerprint density at radius 1 is 1.24 bits per heavy atom. The van der Waals surface area contributed by atoms with Crippen molar-refractivity contribution in [3.63, 3.8) is 0 Å². The largest absolute Gasteiger partial charge is 0.299 e. The lowest BCUT2D eigenvalue weighted by Gasteiger charge is -2.32. The van der Waals surface area contributed by atoms with Gasteiger partial charge in [-0.15, -0.1) is 0 Å². The van der Waals surface area contributed by atoms with Crippen molar-refractivity contribution in [3.8, 4) is 11.4 Å². The molecule has 1 fully saturated rings. The molecule has 3 rings (SSSR count). The van der Waals surface area contributed by atoms with Gasteiger partial charge in [-0.1, -0.05) is 6.42 Å². The van der Waals surface area contributed by atoms with Crippen molar-refractivity contribution in [2.45, 2.75) is 38.8 Å². The van der Waals surface area contributed by atoms with Crippen molar-refractivity contribution >= 4 is 12.2 Å². The molecule has 112 valence electrons. The first-order valence-electron chi connectivity index (χ1n) is 7.55. The van der Waals surface area contributed by atoms with Crippen LogP contribution in [0.3, 0.4) is 0 Å². The zero-order valence-corrected chi connectivity index (χ0v) is 13.1. The highest BCUT2D eigenvalue weighted by Gasteiger charge is 2.19. The van der Waals surface area contributed by atoms with Gasteiger partial charge >= 0.3 is 0 Å². The highest BCUT2D eigenvalue weighted by Crippen LogP contribution is 2.19. The zero-order valence-electron chi connectivity index (χ0n) is 12.3. The van der Waals surface area contributed by atoms with Crippen LogP contribution in [0.4, 0.5) is 0 Å². The molecule has 0 spiro atoms. The summed E-state index contributed by atoms with van der Waals surface area (Å²) in [7, 11) is 0. The Labute approximate surface area is 130 Å². The van der Waals surface area contributed by atoms with Crippen molar-refractivity contribution in [2.24, 2.45) is 0 Å². The normalized spacial score (nSPS) is 17.8. The van der Waals surface area contributed by atoms with Crippen molar-refractivity contribution in [1.82, 2.24) is 24.6 Å². The number of likely N-dealkylation sites (tertiary alicyclic amines) is 1. The maximum absolute atomic E-state index is 5.40. The van der Waals surface area contributed by atoms with Gasteiger partial charge in [0.15, 0.2) is 10.6 Å². The summed E-state index contributed by atoms with van der Waals surface area (Å²) in [6.07, 6.45) is 7.53. The van der Waals surface area contributed by atoms with E-state index in [1.807, 2.05) is 12.1 Å². The van der Waals surface area contributed by atoms with Crippen LogP contribution in [0.1, 0.15) is 26.2 Å². The Kier molecular flexibility index (Phi) is 4.45. The van der Waals surface area contributed by atoms with Crippen LogP contribution in [0.15, 0.2) is 24.5 Å². The van der Waals surface area contributed by atoms with Gasteiger partial charge in [-0.3, -0.25) is 19.5 Å². The van der Waals surface area contributed by atoms with Gasteiger partial charge in [0.05, 0.1) is 0 Å². The van der Waals surface area contributed by atoms with Crippen LogP contribution in [-0.4, -0.2) is 43.8 Å². The van der Waals surface area contributed by atoms with Crippen molar-refractivity contribution in [2.75, 3.05) is 13.1 Å². The predicted octanol–water partition coefficient (Wildman–Crippen LogP) is 2.88. The molecule has 0 bridgehead atoms. The van der Waals surface area contributed by atoms with Gasteiger partial charge in [-0.25, -0.2) is 0 Å². The highest BCUT2D eigenvalue weighted by molar-refractivity contribution is 7.71. The third-order valence-electron chi connectivity index (χ3n) is 4.16. The van der Waals surface area contributed by atoms with Crippen molar-refractivity contribution in [3.05, 3.63) is 29.3 Å². The monoisotopic (exact) mass is 303 g/mol. The third-order valence-corrected chi connectivity index (χ3v) is 4.47. The minimum absolute atomic E-state index is 0.468. The SMILES string of the molecule is CC(Cn1c(-c2ccncc2)n[nH]c1=S)N1CCCCC1. The Hall–Kier alpha value is -1.53. The topological polar surface area (TPSA) is 49.7 Å².